The van der Waals surface area contributed by atoms with Crippen molar-refractivity contribution in [2.24, 2.45) is 10.9 Å². The van der Waals surface area contributed by atoms with Crippen molar-refractivity contribution in [1.82, 2.24) is 4.90 Å². The molecule has 0 aromatic heterocycles. The maximum Gasteiger partial charge on any atom is 0.292 e. The summed E-state index contributed by atoms with van der Waals surface area (Å²) in [5.74, 6) is 2.20. The van der Waals surface area contributed by atoms with E-state index in [1.807, 2.05) is 6.20 Å². The molecule has 2 aliphatic heterocycles. The van der Waals surface area contributed by atoms with Crippen molar-refractivity contribution in [3.63, 3.8) is 0 Å². The average Bonchev–Trinajstić information content (AvgIpc) is 3.09. The zero-order chi connectivity index (χ0) is 17.9. The second-order valence-corrected chi connectivity index (χ2v) is 8.11. The topological polar surface area (TPSA) is 34.1 Å². The zero-order valence-electron chi connectivity index (χ0n) is 16.0. The van der Waals surface area contributed by atoms with Gasteiger partial charge in [-0.1, -0.05) is 45.2 Å². The number of hydrogen-bond donors (Lipinski definition) is 0. The van der Waals surface area contributed by atoms with Gasteiger partial charge >= 0.3 is 0 Å². The van der Waals surface area contributed by atoms with Crippen LogP contribution in [0.15, 0.2) is 41.0 Å². The van der Waals surface area contributed by atoms with E-state index in [4.69, 9.17) is 9.47 Å². The van der Waals surface area contributed by atoms with E-state index in [-0.39, 0.29) is 6.10 Å². The summed E-state index contributed by atoms with van der Waals surface area (Å²) in [5.41, 5.74) is 2.82. The molecule has 1 saturated heterocycles. The molecule has 1 aromatic rings. The van der Waals surface area contributed by atoms with Crippen LogP contribution in [0.4, 0.5) is 0 Å². The number of amidine groups is 1. The van der Waals surface area contributed by atoms with Crippen LogP contribution in [-0.4, -0.2) is 36.7 Å². The van der Waals surface area contributed by atoms with Crippen molar-refractivity contribution in [3.05, 3.63) is 41.6 Å². The summed E-state index contributed by atoms with van der Waals surface area (Å²) >= 11 is 0. The van der Waals surface area contributed by atoms with E-state index < -0.39 is 0 Å². The molecule has 4 rings (SSSR count). The van der Waals surface area contributed by atoms with Crippen LogP contribution in [-0.2, 0) is 4.74 Å². The molecule has 3 aliphatic rings. The fourth-order valence-electron chi connectivity index (χ4n) is 4.11. The molecule has 1 saturated carbocycles. The molecule has 1 atom stereocenters. The lowest BCUT2D eigenvalue weighted by molar-refractivity contribution is 0.146. The van der Waals surface area contributed by atoms with Crippen molar-refractivity contribution >= 4 is 6.02 Å². The standard InChI is InChI=1S/C22H30N2O2/c1-16(2)19-12-23-22-24(13-19)14-21(26-22)15-25-20-10-8-18(9-11-20)17-6-4-3-5-7-17/h8-12,16-17,21H,3-7,13-15H2,1-2H3/t21-/m0/s1. The minimum atomic E-state index is 0.0479. The molecule has 4 heteroatoms. The molecule has 4 nitrogen and oxygen atoms in total. The molecule has 2 heterocycles. The van der Waals surface area contributed by atoms with Crippen molar-refractivity contribution < 1.29 is 9.47 Å². The largest absolute Gasteiger partial charge is 0.490 e. The monoisotopic (exact) mass is 354 g/mol. The van der Waals surface area contributed by atoms with Crippen LogP contribution in [0, 0.1) is 5.92 Å². The Kier molecular flexibility index (Phi) is 5.18. The highest BCUT2D eigenvalue weighted by atomic mass is 16.6. The Hall–Kier alpha value is -1.97. The number of hydrogen-bond acceptors (Lipinski definition) is 4. The van der Waals surface area contributed by atoms with E-state index in [0.29, 0.717) is 12.5 Å². The first-order chi connectivity index (χ1) is 12.7. The maximum atomic E-state index is 5.99. The molecule has 26 heavy (non-hydrogen) atoms. The Morgan fingerprint density at radius 3 is 2.65 bits per heavy atom. The number of aliphatic imine (C=N–C) groups is 1. The first-order valence-corrected chi connectivity index (χ1v) is 10.1. The van der Waals surface area contributed by atoms with Gasteiger partial charge in [-0.2, -0.15) is 0 Å². The molecule has 0 unspecified atom stereocenters. The first-order valence-electron chi connectivity index (χ1n) is 10.1. The molecule has 1 aromatic carbocycles. The van der Waals surface area contributed by atoms with Gasteiger partial charge in [0.1, 0.15) is 12.4 Å². The third-order valence-corrected chi connectivity index (χ3v) is 5.82. The fraction of sp³-hybridized carbons (Fsp3) is 0.591. The lowest BCUT2D eigenvalue weighted by Gasteiger charge is -2.22. The third-order valence-electron chi connectivity index (χ3n) is 5.82. The van der Waals surface area contributed by atoms with Crippen LogP contribution >= 0.6 is 0 Å². The SMILES string of the molecule is CC(C)C1=CN=C2O[C@H](COc3ccc(C4CCCCC4)cc3)CN2C1. The van der Waals surface area contributed by atoms with Crippen molar-refractivity contribution in [2.45, 2.75) is 58.0 Å². The summed E-state index contributed by atoms with van der Waals surface area (Å²) in [6.07, 6.45) is 8.82. The van der Waals surface area contributed by atoms with E-state index in [9.17, 15) is 0 Å². The van der Waals surface area contributed by atoms with Crippen LogP contribution in [0.3, 0.4) is 0 Å². The Bertz CT molecular complexity index is 672. The lowest BCUT2D eigenvalue weighted by atomic mass is 9.84. The average molecular weight is 354 g/mol. The van der Waals surface area contributed by atoms with Crippen molar-refractivity contribution in [1.29, 1.82) is 0 Å². The molecule has 0 bridgehead atoms. The molecular weight excluding hydrogens is 324 g/mol. The molecule has 1 aliphatic carbocycles. The fourth-order valence-corrected chi connectivity index (χ4v) is 4.11. The van der Waals surface area contributed by atoms with Gasteiger partial charge in [0, 0.05) is 12.7 Å². The Morgan fingerprint density at radius 2 is 1.92 bits per heavy atom. The third kappa shape index (κ3) is 3.89. The summed E-state index contributed by atoms with van der Waals surface area (Å²) in [4.78, 5) is 6.68. The van der Waals surface area contributed by atoms with E-state index >= 15 is 0 Å². The van der Waals surface area contributed by atoms with Gasteiger partial charge in [-0.05, 0) is 47.9 Å². The minimum Gasteiger partial charge on any atom is -0.490 e. The number of ether oxygens (including phenoxy) is 2. The number of nitrogens with zero attached hydrogens (tertiary/aromatic N) is 2. The molecule has 140 valence electrons. The van der Waals surface area contributed by atoms with Crippen LogP contribution in [0.2, 0.25) is 0 Å². The second-order valence-electron chi connectivity index (χ2n) is 8.11. The minimum absolute atomic E-state index is 0.0479. The van der Waals surface area contributed by atoms with E-state index in [1.165, 1.54) is 43.2 Å². The summed E-state index contributed by atoms with van der Waals surface area (Å²) < 4.78 is 11.9. The highest BCUT2D eigenvalue weighted by molar-refractivity contribution is 5.78. The van der Waals surface area contributed by atoms with E-state index in [1.54, 1.807) is 0 Å². The van der Waals surface area contributed by atoms with Gasteiger partial charge in [0.15, 0.2) is 6.10 Å². The predicted molar refractivity (Wildman–Crippen MR) is 105 cm³/mol. The smallest absolute Gasteiger partial charge is 0.292 e. The summed E-state index contributed by atoms with van der Waals surface area (Å²) in [5, 5.41) is 0. The molecule has 0 spiro atoms. The van der Waals surface area contributed by atoms with Crippen LogP contribution < -0.4 is 4.74 Å². The molecule has 0 amide bonds. The summed E-state index contributed by atoms with van der Waals surface area (Å²) in [6.45, 7) is 6.75. The van der Waals surface area contributed by atoms with Gasteiger partial charge < -0.3 is 14.4 Å². The lowest BCUT2D eigenvalue weighted by Crippen LogP contribution is -2.32. The Balaban J connectivity index is 1.28. The summed E-state index contributed by atoms with van der Waals surface area (Å²) in [7, 11) is 0. The number of rotatable bonds is 5. The van der Waals surface area contributed by atoms with Gasteiger partial charge in [0.25, 0.3) is 6.02 Å². The van der Waals surface area contributed by atoms with Gasteiger partial charge in [-0.3, -0.25) is 0 Å². The highest BCUT2D eigenvalue weighted by Crippen LogP contribution is 2.33. The highest BCUT2D eigenvalue weighted by Gasteiger charge is 2.32. The van der Waals surface area contributed by atoms with Gasteiger partial charge in [-0.15, -0.1) is 0 Å². The van der Waals surface area contributed by atoms with Crippen molar-refractivity contribution in [2.75, 3.05) is 19.7 Å². The molecule has 2 fully saturated rings. The quantitative estimate of drug-likeness (QED) is 0.767. The predicted octanol–water partition coefficient (Wildman–Crippen LogP) is 4.72. The molecular formula is C22H30N2O2. The maximum absolute atomic E-state index is 5.99. The van der Waals surface area contributed by atoms with Crippen LogP contribution in [0.5, 0.6) is 5.75 Å². The number of benzene rings is 1. The van der Waals surface area contributed by atoms with Gasteiger partial charge in [0.2, 0.25) is 0 Å². The Morgan fingerprint density at radius 1 is 1.15 bits per heavy atom. The second kappa shape index (κ2) is 7.73. The summed E-state index contributed by atoms with van der Waals surface area (Å²) in [6, 6.07) is 9.46. The molecule has 0 radical (unpaired) electrons. The van der Waals surface area contributed by atoms with Gasteiger partial charge in [-0.25, -0.2) is 4.99 Å². The normalized spacial score (nSPS) is 23.3. The Labute approximate surface area is 156 Å². The van der Waals surface area contributed by atoms with Crippen LogP contribution in [0.25, 0.3) is 0 Å². The van der Waals surface area contributed by atoms with E-state index in [0.717, 1.165) is 30.8 Å². The molecule has 0 N–H and O–H groups in total. The van der Waals surface area contributed by atoms with Crippen LogP contribution in [0.1, 0.15) is 57.4 Å². The zero-order valence-corrected chi connectivity index (χ0v) is 16.0. The number of fused-ring (bicyclic) bond motifs is 1. The first kappa shape index (κ1) is 17.4. The van der Waals surface area contributed by atoms with Gasteiger partial charge in [0.05, 0.1) is 6.54 Å². The van der Waals surface area contributed by atoms with E-state index in [2.05, 4.69) is 48.0 Å². The van der Waals surface area contributed by atoms with Crippen molar-refractivity contribution in [3.8, 4) is 5.75 Å².